The summed E-state index contributed by atoms with van der Waals surface area (Å²) in [7, 11) is 4.18. The summed E-state index contributed by atoms with van der Waals surface area (Å²) in [6.45, 7) is 2.96. The van der Waals surface area contributed by atoms with Crippen LogP contribution in [-0.2, 0) is 6.42 Å². The smallest absolute Gasteiger partial charge is 0.0430 e. The van der Waals surface area contributed by atoms with E-state index in [1.807, 2.05) is 6.21 Å². The molecule has 1 aromatic rings. The Kier molecular flexibility index (Phi) is 3.57. The molecule has 86 valence electrons. The topological polar surface area (TPSA) is 27.6 Å². The molecule has 1 aromatic carbocycles. The van der Waals surface area contributed by atoms with Gasteiger partial charge in [-0.25, -0.2) is 0 Å². The first-order valence-electron chi connectivity index (χ1n) is 5.77. The first kappa shape index (κ1) is 11.1. The largest absolute Gasteiger partial charge is 0.384 e. The highest BCUT2D eigenvalue weighted by Gasteiger charge is 2.09. The molecule has 0 saturated carbocycles. The summed E-state index contributed by atoms with van der Waals surface area (Å²) in [5.41, 5.74) is 3.95. The lowest BCUT2D eigenvalue weighted by Gasteiger charge is -2.17. The number of nitrogens with one attached hydrogen (secondary N) is 1. The van der Waals surface area contributed by atoms with E-state index in [4.69, 9.17) is 0 Å². The normalized spacial score (nSPS) is 13.9. The first-order chi connectivity index (χ1) is 7.77. The molecule has 0 atom stereocenters. The minimum absolute atomic E-state index is 0.916. The van der Waals surface area contributed by atoms with Crippen molar-refractivity contribution in [1.29, 1.82) is 0 Å². The molecule has 0 amide bonds. The number of anilines is 1. The zero-order chi connectivity index (χ0) is 11.4. The fraction of sp³-hybridized carbons (Fsp3) is 0.462. The molecule has 1 heterocycles. The van der Waals surface area contributed by atoms with E-state index in [1.165, 1.54) is 16.8 Å². The van der Waals surface area contributed by atoms with Crippen molar-refractivity contribution in [3.8, 4) is 0 Å². The third-order valence-corrected chi connectivity index (χ3v) is 2.81. The minimum atomic E-state index is 0.916. The van der Waals surface area contributed by atoms with Gasteiger partial charge in [0.2, 0.25) is 0 Å². The van der Waals surface area contributed by atoms with E-state index in [9.17, 15) is 0 Å². The van der Waals surface area contributed by atoms with Crippen molar-refractivity contribution >= 4 is 11.9 Å². The fourth-order valence-electron chi connectivity index (χ4n) is 1.92. The lowest BCUT2D eigenvalue weighted by molar-refractivity contribution is 0.425. The maximum atomic E-state index is 4.31. The average molecular weight is 217 g/mol. The van der Waals surface area contributed by atoms with Crippen LogP contribution in [0.4, 0.5) is 5.69 Å². The Balaban J connectivity index is 2.06. The zero-order valence-electron chi connectivity index (χ0n) is 10.0. The molecule has 0 saturated heterocycles. The van der Waals surface area contributed by atoms with Crippen molar-refractivity contribution in [3.63, 3.8) is 0 Å². The van der Waals surface area contributed by atoms with E-state index >= 15 is 0 Å². The molecule has 0 unspecified atom stereocenters. The Hall–Kier alpha value is -1.35. The van der Waals surface area contributed by atoms with Gasteiger partial charge in [-0.1, -0.05) is 12.1 Å². The van der Waals surface area contributed by atoms with Crippen LogP contribution in [0.1, 0.15) is 11.1 Å². The molecule has 0 fully saturated rings. The Labute approximate surface area is 97.2 Å². The highest BCUT2D eigenvalue weighted by Crippen LogP contribution is 2.21. The first-order valence-corrected chi connectivity index (χ1v) is 5.77. The van der Waals surface area contributed by atoms with Crippen LogP contribution in [0.2, 0.25) is 0 Å². The number of likely N-dealkylation sites (N-methyl/N-ethyl adjacent to an activating group) is 1. The van der Waals surface area contributed by atoms with Crippen molar-refractivity contribution in [3.05, 3.63) is 29.3 Å². The molecule has 1 N–H and O–H groups in total. The summed E-state index contributed by atoms with van der Waals surface area (Å²) in [6.07, 6.45) is 3.03. The number of benzene rings is 1. The predicted octanol–water partition coefficient (Wildman–Crippen LogP) is 1.64. The molecular weight excluding hydrogens is 198 g/mol. The molecule has 2 rings (SSSR count). The lowest BCUT2D eigenvalue weighted by atomic mass is 10.0. The summed E-state index contributed by atoms with van der Waals surface area (Å²) in [4.78, 5) is 6.49. The molecular formula is C13H19N3. The van der Waals surface area contributed by atoms with Gasteiger partial charge in [0.05, 0.1) is 0 Å². The molecule has 1 aliphatic heterocycles. The van der Waals surface area contributed by atoms with Crippen LogP contribution < -0.4 is 5.32 Å². The van der Waals surface area contributed by atoms with E-state index in [2.05, 4.69) is 47.5 Å². The van der Waals surface area contributed by atoms with Crippen LogP contribution in [0.15, 0.2) is 23.2 Å². The molecule has 0 spiro atoms. The fourth-order valence-corrected chi connectivity index (χ4v) is 1.92. The van der Waals surface area contributed by atoms with Gasteiger partial charge in [0.25, 0.3) is 0 Å². The van der Waals surface area contributed by atoms with Crippen LogP contribution in [0.5, 0.6) is 0 Å². The van der Waals surface area contributed by atoms with Gasteiger partial charge >= 0.3 is 0 Å². The third kappa shape index (κ3) is 2.61. The van der Waals surface area contributed by atoms with Gasteiger partial charge in [0, 0.05) is 31.5 Å². The van der Waals surface area contributed by atoms with Crippen LogP contribution >= 0.6 is 0 Å². The summed E-state index contributed by atoms with van der Waals surface area (Å²) >= 11 is 0. The molecule has 0 aromatic heterocycles. The Morgan fingerprint density at radius 2 is 2.25 bits per heavy atom. The number of hydrogen-bond acceptors (Lipinski definition) is 3. The summed E-state index contributed by atoms with van der Waals surface area (Å²) < 4.78 is 0. The van der Waals surface area contributed by atoms with Crippen LogP contribution in [0, 0.1) is 0 Å². The molecule has 0 bridgehead atoms. The van der Waals surface area contributed by atoms with Gasteiger partial charge < -0.3 is 10.2 Å². The minimum Gasteiger partial charge on any atom is -0.384 e. The lowest BCUT2D eigenvalue weighted by Crippen LogP contribution is -2.21. The summed E-state index contributed by atoms with van der Waals surface area (Å²) in [5, 5.41) is 3.50. The molecule has 3 nitrogen and oxygen atoms in total. The van der Waals surface area contributed by atoms with Gasteiger partial charge in [0.1, 0.15) is 0 Å². The van der Waals surface area contributed by atoms with E-state index in [0.717, 1.165) is 26.1 Å². The quantitative estimate of drug-likeness (QED) is 0.830. The van der Waals surface area contributed by atoms with Gasteiger partial charge in [-0.15, -0.1) is 0 Å². The van der Waals surface area contributed by atoms with Crippen molar-refractivity contribution < 1.29 is 0 Å². The van der Waals surface area contributed by atoms with E-state index in [0.29, 0.717) is 0 Å². The Morgan fingerprint density at radius 3 is 3.06 bits per heavy atom. The molecule has 1 aliphatic rings. The van der Waals surface area contributed by atoms with E-state index in [1.54, 1.807) is 0 Å². The Morgan fingerprint density at radius 1 is 1.38 bits per heavy atom. The van der Waals surface area contributed by atoms with E-state index < -0.39 is 0 Å². The number of aliphatic imine (C=N–C) groups is 1. The van der Waals surface area contributed by atoms with Gasteiger partial charge in [-0.2, -0.15) is 0 Å². The van der Waals surface area contributed by atoms with Crippen LogP contribution in [0.3, 0.4) is 0 Å². The predicted molar refractivity (Wildman–Crippen MR) is 69.7 cm³/mol. The maximum absolute atomic E-state index is 4.31. The second kappa shape index (κ2) is 5.12. The van der Waals surface area contributed by atoms with Gasteiger partial charge in [-0.05, 0) is 37.7 Å². The van der Waals surface area contributed by atoms with Crippen LogP contribution in [-0.4, -0.2) is 44.8 Å². The Bertz CT molecular complexity index is 383. The molecule has 0 aliphatic carbocycles. The number of hydrogen-bond donors (Lipinski definition) is 1. The molecule has 3 heteroatoms. The van der Waals surface area contributed by atoms with Crippen molar-refractivity contribution in [2.75, 3.05) is 39.0 Å². The average Bonchev–Trinajstić information content (AvgIpc) is 2.29. The highest BCUT2D eigenvalue weighted by molar-refractivity contribution is 5.85. The molecule has 16 heavy (non-hydrogen) atoms. The van der Waals surface area contributed by atoms with Crippen molar-refractivity contribution in [2.45, 2.75) is 6.42 Å². The summed E-state index contributed by atoms with van der Waals surface area (Å²) in [5.74, 6) is 0. The third-order valence-electron chi connectivity index (χ3n) is 2.81. The van der Waals surface area contributed by atoms with Gasteiger partial charge in [-0.3, -0.25) is 4.99 Å². The van der Waals surface area contributed by atoms with Crippen LogP contribution in [0.25, 0.3) is 0 Å². The number of nitrogens with zero attached hydrogens (tertiary/aromatic N) is 2. The van der Waals surface area contributed by atoms with Crippen molar-refractivity contribution in [1.82, 2.24) is 4.90 Å². The number of rotatable bonds is 4. The van der Waals surface area contributed by atoms with E-state index in [-0.39, 0.29) is 0 Å². The second-order valence-electron chi connectivity index (χ2n) is 4.39. The molecule has 0 radical (unpaired) electrons. The second-order valence-corrected chi connectivity index (χ2v) is 4.39. The highest BCUT2D eigenvalue weighted by atomic mass is 15.1. The van der Waals surface area contributed by atoms with Gasteiger partial charge in [0.15, 0.2) is 0 Å². The van der Waals surface area contributed by atoms with Crippen molar-refractivity contribution in [2.24, 2.45) is 4.99 Å². The summed E-state index contributed by atoms with van der Waals surface area (Å²) in [6, 6.07) is 6.39. The zero-order valence-corrected chi connectivity index (χ0v) is 10.0. The number of fused-ring (bicyclic) bond motifs is 1. The SMILES string of the molecule is CN(C)CCNc1cccc2c1CCN=C2. The standard InChI is InChI=1S/C13H19N3/c1-16(2)9-8-15-13-5-3-4-11-10-14-7-6-12(11)13/h3-5,10,15H,6-9H2,1-2H3. The maximum Gasteiger partial charge on any atom is 0.0430 e. The monoisotopic (exact) mass is 217 g/mol.